The lowest BCUT2D eigenvalue weighted by atomic mass is 9.96. The zero-order valence-electron chi connectivity index (χ0n) is 33.2. The van der Waals surface area contributed by atoms with E-state index in [4.69, 9.17) is 29.8 Å². The number of aliphatic carboxylic acids is 2. The molecule has 4 N–H and O–H groups in total. The highest BCUT2D eigenvalue weighted by Crippen LogP contribution is 2.37. The topological polar surface area (TPSA) is 201 Å². The number of ketones is 1. The molecule has 0 aliphatic rings. The second-order valence-corrected chi connectivity index (χ2v) is 14.9. The van der Waals surface area contributed by atoms with Crippen LogP contribution in [0, 0.1) is 0 Å². The van der Waals surface area contributed by atoms with Gasteiger partial charge in [0, 0.05) is 56.3 Å². The van der Waals surface area contributed by atoms with E-state index in [0.29, 0.717) is 79.0 Å². The van der Waals surface area contributed by atoms with E-state index in [2.05, 4.69) is 19.4 Å². The Kier molecular flexibility index (Phi) is 12.1. The number of nitrogens with one attached hydrogen (secondary N) is 3. The zero-order chi connectivity index (χ0) is 45.6. The number of carboxylic acids is 2. The van der Waals surface area contributed by atoms with E-state index >= 15 is 0 Å². The van der Waals surface area contributed by atoms with Gasteiger partial charge in [-0.05, 0) is 60.7 Å². The Bertz CT molecular complexity index is 2970. The van der Waals surface area contributed by atoms with Crippen LogP contribution in [0.5, 0.6) is 0 Å². The van der Waals surface area contributed by atoms with Gasteiger partial charge in [0.05, 0.1) is 69.9 Å². The average molecular weight is 869 g/mol. The predicted molar refractivity (Wildman–Crippen MR) is 212 cm³/mol. The van der Waals surface area contributed by atoms with Gasteiger partial charge in [-0.1, -0.05) is 0 Å². The van der Waals surface area contributed by atoms with E-state index < -0.39 is 24.3 Å². The summed E-state index contributed by atoms with van der Waals surface area (Å²) in [5.74, 6) is -5.94. The predicted octanol–water partition coefficient (Wildman–Crippen LogP) is 1.26. The van der Waals surface area contributed by atoms with Crippen LogP contribution in [0.3, 0.4) is 0 Å². The molecule has 0 unspecified atom stereocenters. The van der Waals surface area contributed by atoms with Crippen molar-refractivity contribution < 1.29 is 65.5 Å². The number of hydrogen-bond donors (Lipinski definition) is 4. The summed E-state index contributed by atoms with van der Waals surface area (Å²) in [5, 5.41) is 22.5. The molecule has 0 atom stereocenters. The number of Topliss-reactive ketones (excluding diaryl/α,β-unsaturated/α-hetero) is 1. The molecule has 0 aliphatic heterocycles. The number of rotatable bonds is 9. The molecule has 0 spiro atoms. The van der Waals surface area contributed by atoms with Crippen LogP contribution in [-0.4, -0.2) is 108 Å². The molecule has 0 fully saturated rings. The standard InChI is InChI=1S/C37H33N7O4.2C2HF3O2/c1-41(2)16-5-6-30(45)20-7-13-26-28(18-20)43-33(39-26)22-9-12-25-32-23(10-11-24(31(22)32)36(43)47)34-40-27-14-8-21(19-29(27)44(34)37(25)48)35(46)38-15-17-42(3)4;2*3-2(4,5)1(6)7/h7-14,18-19H,5-6,15-17H2,1-4H3,(H,38,46);2*(H,6,7)/p+1. The number of carboxylic acid groups (broad SMARTS) is 2. The second kappa shape index (κ2) is 16.8. The summed E-state index contributed by atoms with van der Waals surface area (Å²) in [6.07, 6.45) is -9.06. The number of quaternary nitrogens is 2. The van der Waals surface area contributed by atoms with Gasteiger partial charge in [-0.2, -0.15) is 26.3 Å². The number of amides is 1. The fraction of sp³-hybridized carbons (Fsp3) is 0.268. The molecule has 4 aromatic carbocycles. The number of carbonyl (C=O) groups is 4. The molecule has 0 saturated carbocycles. The van der Waals surface area contributed by atoms with Crippen molar-refractivity contribution in [1.82, 2.24) is 24.1 Å². The number of nitrogens with zero attached hydrogens (tertiary/aromatic N) is 4. The Morgan fingerprint density at radius 1 is 0.677 bits per heavy atom. The number of hydrogen-bond acceptors (Lipinski definition) is 9. The molecule has 8 aromatic rings. The minimum Gasteiger partial charge on any atom is -0.542 e. The van der Waals surface area contributed by atoms with Crippen LogP contribution in [0.25, 0.3) is 65.7 Å². The fourth-order valence-corrected chi connectivity index (χ4v) is 6.98. The number of pyridine rings is 2. The molecule has 0 saturated heterocycles. The summed E-state index contributed by atoms with van der Waals surface area (Å²) in [6.45, 7) is 2.22. The third-order valence-corrected chi connectivity index (χ3v) is 9.87. The second-order valence-electron chi connectivity index (χ2n) is 14.9. The van der Waals surface area contributed by atoms with Crippen LogP contribution in [0.1, 0.15) is 33.6 Å². The molecule has 15 nitrogen and oxygen atoms in total. The molecule has 62 heavy (non-hydrogen) atoms. The van der Waals surface area contributed by atoms with Crippen molar-refractivity contribution in [3.63, 3.8) is 0 Å². The molecule has 0 aliphatic carbocycles. The largest absolute Gasteiger partial charge is 0.542 e. The van der Waals surface area contributed by atoms with Crippen LogP contribution in [-0.2, 0) is 9.59 Å². The van der Waals surface area contributed by atoms with Gasteiger partial charge in [0.15, 0.2) is 5.78 Å². The Morgan fingerprint density at radius 3 is 1.52 bits per heavy atom. The fourth-order valence-electron chi connectivity index (χ4n) is 6.98. The summed E-state index contributed by atoms with van der Waals surface area (Å²) < 4.78 is 66.4. The van der Waals surface area contributed by atoms with Gasteiger partial charge in [-0.3, -0.25) is 28.0 Å². The van der Waals surface area contributed by atoms with Crippen molar-refractivity contribution in [3.8, 4) is 0 Å². The summed E-state index contributed by atoms with van der Waals surface area (Å²) in [4.78, 5) is 84.2. The first-order valence-corrected chi connectivity index (χ1v) is 18.7. The lowest BCUT2D eigenvalue weighted by Gasteiger charge is -2.12. The van der Waals surface area contributed by atoms with Gasteiger partial charge in [-0.25, -0.2) is 14.8 Å². The molecular formula is C41H36F6N7O8+. The maximum absolute atomic E-state index is 14.2. The minimum absolute atomic E-state index is 0.0373. The molecule has 0 bridgehead atoms. The maximum atomic E-state index is 14.2. The molecule has 1 amide bonds. The normalized spacial score (nSPS) is 12.2. The third kappa shape index (κ3) is 8.61. The lowest BCUT2D eigenvalue weighted by Crippen LogP contribution is -3.06. The number of alkyl halides is 6. The number of imidazole rings is 2. The number of benzene rings is 4. The van der Waals surface area contributed by atoms with E-state index in [1.807, 2.05) is 26.2 Å². The van der Waals surface area contributed by atoms with Crippen molar-refractivity contribution in [2.24, 2.45) is 0 Å². The van der Waals surface area contributed by atoms with Gasteiger partial charge < -0.3 is 30.1 Å². The monoisotopic (exact) mass is 868 g/mol. The van der Waals surface area contributed by atoms with Gasteiger partial charge in [0.2, 0.25) is 0 Å². The Morgan fingerprint density at radius 2 is 1.10 bits per heavy atom. The number of aromatic nitrogens is 4. The summed E-state index contributed by atoms with van der Waals surface area (Å²) in [6, 6.07) is 17.8. The first-order chi connectivity index (χ1) is 29.0. The van der Waals surface area contributed by atoms with Crippen LogP contribution in [0.2, 0.25) is 0 Å². The van der Waals surface area contributed by atoms with E-state index in [9.17, 15) is 45.5 Å². The molecule has 0 radical (unpaired) electrons. The van der Waals surface area contributed by atoms with Crippen LogP contribution in [0.4, 0.5) is 26.3 Å². The maximum Gasteiger partial charge on any atom is 0.490 e. The van der Waals surface area contributed by atoms with Crippen molar-refractivity contribution in [2.75, 3.05) is 47.8 Å². The number of fused-ring (bicyclic) bond motifs is 8. The smallest absolute Gasteiger partial charge is 0.490 e. The summed E-state index contributed by atoms with van der Waals surface area (Å²) >= 11 is 0. The lowest BCUT2D eigenvalue weighted by molar-refractivity contribution is -0.858. The highest BCUT2D eigenvalue weighted by Gasteiger charge is 2.38. The highest BCUT2D eigenvalue weighted by atomic mass is 19.4. The third-order valence-electron chi connectivity index (χ3n) is 9.87. The van der Waals surface area contributed by atoms with Crippen molar-refractivity contribution >= 4 is 89.3 Å². The highest BCUT2D eigenvalue weighted by molar-refractivity contribution is 6.28. The van der Waals surface area contributed by atoms with Crippen LogP contribution in [0.15, 0.2) is 70.3 Å². The Hall–Kier alpha value is -7.00. The van der Waals surface area contributed by atoms with Gasteiger partial charge in [-0.15, -0.1) is 0 Å². The molecule has 21 heteroatoms. The van der Waals surface area contributed by atoms with E-state index in [-0.39, 0.29) is 22.8 Å². The van der Waals surface area contributed by atoms with Crippen molar-refractivity contribution in [1.29, 1.82) is 0 Å². The van der Waals surface area contributed by atoms with E-state index in [1.165, 1.54) is 9.80 Å². The summed E-state index contributed by atoms with van der Waals surface area (Å²) in [7, 11) is 8.17. The number of halogens is 6. The van der Waals surface area contributed by atoms with Crippen molar-refractivity contribution in [3.05, 3.63) is 92.5 Å². The number of carbonyl (C=O) groups excluding carboxylic acids is 3. The first kappa shape index (κ1) is 44.5. The Balaban J connectivity index is 0.000000397. The summed E-state index contributed by atoms with van der Waals surface area (Å²) in [5.41, 5.74) is 3.75. The quantitative estimate of drug-likeness (QED) is 0.0931. The minimum atomic E-state index is -5.19. The SMILES string of the molecule is C[NH+](C)CCCC(=O)c1ccc2nc3c4ccc5c(=O)n6c7cc(C(=O)NCC[NH+](C)C)ccc7nc6c6ccc(c(=O)n3c2c1)c4c56.O=C(O)C(F)(F)F.O=C([O-])C(F)(F)F. The van der Waals surface area contributed by atoms with Gasteiger partial charge in [0.1, 0.15) is 17.3 Å². The van der Waals surface area contributed by atoms with E-state index in [0.717, 1.165) is 30.3 Å². The van der Waals surface area contributed by atoms with Crippen molar-refractivity contribution in [2.45, 2.75) is 25.2 Å². The van der Waals surface area contributed by atoms with Crippen LogP contribution >= 0.6 is 0 Å². The first-order valence-electron chi connectivity index (χ1n) is 18.7. The molecule has 8 rings (SSSR count). The molecular weight excluding hydrogens is 832 g/mol. The zero-order valence-corrected chi connectivity index (χ0v) is 33.2. The van der Waals surface area contributed by atoms with Gasteiger partial charge >= 0.3 is 18.3 Å². The molecule has 4 aromatic heterocycles. The van der Waals surface area contributed by atoms with Crippen LogP contribution < -0.4 is 31.3 Å². The molecule has 4 heterocycles. The Labute approximate surface area is 344 Å². The average Bonchev–Trinajstić information content (AvgIpc) is 3.77. The van der Waals surface area contributed by atoms with Gasteiger partial charge in [0.25, 0.3) is 17.0 Å². The molecule has 324 valence electrons. The number of likely N-dealkylation sites (N-methyl/N-ethyl adjacent to an activating group) is 1. The van der Waals surface area contributed by atoms with E-state index in [1.54, 1.807) is 57.3 Å².